The van der Waals surface area contributed by atoms with Gasteiger partial charge in [-0.05, 0) is 87.0 Å². The van der Waals surface area contributed by atoms with Crippen LogP contribution in [-0.4, -0.2) is 37.1 Å². The van der Waals surface area contributed by atoms with Gasteiger partial charge >= 0.3 is 0 Å². The second kappa shape index (κ2) is 9.96. The molecule has 1 saturated carbocycles. The molecule has 0 bridgehead atoms. The highest BCUT2D eigenvalue weighted by molar-refractivity contribution is 5.98. The van der Waals surface area contributed by atoms with E-state index in [1.54, 1.807) is 0 Å². The van der Waals surface area contributed by atoms with Gasteiger partial charge in [0.2, 0.25) is 0 Å². The van der Waals surface area contributed by atoms with Crippen LogP contribution in [0.5, 0.6) is 0 Å². The van der Waals surface area contributed by atoms with Gasteiger partial charge in [-0.3, -0.25) is 9.59 Å². The van der Waals surface area contributed by atoms with Crippen LogP contribution < -0.4 is 21.1 Å². The summed E-state index contributed by atoms with van der Waals surface area (Å²) in [5.41, 5.74) is 7.41. The lowest BCUT2D eigenvalue weighted by Crippen LogP contribution is -2.31. The van der Waals surface area contributed by atoms with Crippen LogP contribution in [0.1, 0.15) is 70.4 Å². The molecule has 1 aliphatic heterocycles. The molecule has 0 spiro atoms. The molecular formula is C27H36N4O2. The molecule has 6 nitrogen and oxygen atoms in total. The zero-order chi connectivity index (χ0) is 23.5. The molecule has 176 valence electrons. The highest BCUT2D eigenvalue weighted by Crippen LogP contribution is 2.34. The maximum absolute atomic E-state index is 13.4. The van der Waals surface area contributed by atoms with Crippen molar-refractivity contribution in [1.82, 2.24) is 15.6 Å². The number of benzene rings is 1. The predicted octanol–water partition coefficient (Wildman–Crippen LogP) is 3.99. The van der Waals surface area contributed by atoms with Crippen LogP contribution in [0.25, 0.3) is 5.57 Å². The van der Waals surface area contributed by atoms with E-state index in [1.165, 1.54) is 31.3 Å². The maximum Gasteiger partial charge on any atom is 0.253 e. The molecule has 1 aromatic carbocycles. The van der Waals surface area contributed by atoms with Crippen LogP contribution in [0.4, 0.5) is 5.69 Å². The summed E-state index contributed by atoms with van der Waals surface area (Å²) < 4.78 is 0. The summed E-state index contributed by atoms with van der Waals surface area (Å²) in [5.74, 6) is -0.135. The highest BCUT2D eigenvalue weighted by atomic mass is 16.1. The fourth-order valence-corrected chi connectivity index (χ4v) is 5.22. The number of anilines is 1. The topological polar surface area (TPSA) is 77.2 Å². The van der Waals surface area contributed by atoms with Gasteiger partial charge in [0.05, 0.1) is 0 Å². The summed E-state index contributed by atoms with van der Waals surface area (Å²) in [6, 6.07) is 6.74. The van der Waals surface area contributed by atoms with Crippen molar-refractivity contribution in [3.05, 3.63) is 68.1 Å². The normalized spacial score (nSPS) is 16.5. The lowest BCUT2D eigenvalue weighted by molar-refractivity contribution is 0.0950. The zero-order valence-corrected chi connectivity index (χ0v) is 20.3. The summed E-state index contributed by atoms with van der Waals surface area (Å²) in [5, 5.41) is 6.38. The van der Waals surface area contributed by atoms with Gasteiger partial charge in [-0.1, -0.05) is 18.9 Å². The fourth-order valence-electron chi connectivity index (χ4n) is 5.22. The van der Waals surface area contributed by atoms with Gasteiger partial charge in [0.25, 0.3) is 11.5 Å². The third kappa shape index (κ3) is 5.06. The summed E-state index contributed by atoms with van der Waals surface area (Å²) in [6.45, 7) is 7.83. The Bertz CT molecular complexity index is 1130. The van der Waals surface area contributed by atoms with E-state index in [1.807, 2.05) is 32.9 Å². The van der Waals surface area contributed by atoms with E-state index in [4.69, 9.17) is 0 Å². The van der Waals surface area contributed by atoms with Crippen LogP contribution in [0, 0.1) is 20.8 Å². The average molecular weight is 449 g/mol. The van der Waals surface area contributed by atoms with Crippen LogP contribution in [-0.2, 0) is 6.54 Å². The molecule has 0 unspecified atom stereocenters. The van der Waals surface area contributed by atoms with Crippen LogP contribution in [0.3, 0.4) is 0 Å². The molecule has 1 aromatic heterocycles. The molecule has 1 aliphatic carbocycles. The molecule has 3 N–H and O–H groups in total. The van der Waals surface area contributed by atoms with E-state index in [2.05, 4.69) is 39.7 Å². The molecule has 4 rings (SSSR count). The van der Waals surface area contributed by atoms with E-state index in [0.717, 1.165) is 47.6 Å². The Kier molecular flexibility index (Phi) is 7.03. The highest BCUT2D eigenvalue weighted by Gasteiger charge is 2.24. The average Bonchev–Trinajstić information content (AvgIpc) is 3.33. The number of nitrogens with zero attached hydrogens (tertiary/aromatic N) is 1. The number of H-pyrrole nitrogens is 1. The first-order valence-electron chi connectivity index (χ1n) is 12.1. The van der Waals surface area contributed by atoms with Crippen molar-refractivity contribution in [2.45, 2.75) is 65.5 Å². The molecule has 0 radical (unpaired) electrons. The van der Waals surface area contributed by atoms with E-state index in [-0.39, 0.29) is 18.0 Å². The zero-order valence-electron chi connectivity index (χ0n) is 20.3. The molecule has 2 heterocycles. The Morgan fingerprint density at radius 3 is 2.58 bits per heavy atom. The maximum atomic E-state index is 13.4. The summed E-state index contributed by atoms with van der Waals surface area (Å²) in [4.78, 5) is 31.0. The minimum absolute atomic E-state index is 0.135. The van der Waals surface area contributed by atoms with Gasteiger partial charge in [0.15, 0.2) is 0 Å². The van der Waals surface area contributed by atoms with Gasteiger partial charge in [-0.25, -0.2) is 0 Å². The molecule has 33 heavy (non-hydrogen) atoms. The minimum atomic E-state index is -0.139. The Balaban J connectivity index is 1.67. The summed E-state index contributed by atoms with van der Waals surface area (Å²) >= 11 is 0. The molecule has 1 fully saturated rings. The largest absolute Gasteiger partial charge is 0.371 e. The van der Waals surface area contributed by atoms with Crippen molar-refractivity contribution in [2.75, 3.05) is 25.0 Å². The van der Waals surface area contributed by atoms with E-state index in [9.17, 15) is 9.59 Å². The monoisotopic (exact) mass is 448 g/mol. The number of aromatic nitrogens is 1. The van der Waals surface area contributed by atoms with Gasteiger partial charge in [0.1, 0.15) is 0 Å². The van der Waals surface area contributed by atoms with Gasteiger partial charge in [0, 0.05) is 48.7 Å². The van der Waals surface area contributed by atoms with Crippen molar-refractivity contribution in [2.24, 2.45) is 0 Å². The molecule has 0 saturated heterocycles. The first kappa shape index (κ1) is 23.3. The number of pyridine rings is 1. The Hall–Kier alpha value is -2.86. The Labute approximate surface area is 196 Å². The van der Waals surface area contributed by atoms with E-state index in [0.29, 0.717) is 17.2 Å². The summed E-state index contributed by atoms with van der Waals surface area (Å²) in [7, 11) is 2.16. The predicted molar refractivity (Wildman–Crippen MR) is 135 cm³/mol. The number of hydrogen-bond acceptors (Lipinski definition) is 4. The van der Waals surface area contributed by atoms with Gasteiger partial charge in [-0.15, -0.1) is 0 Å². The van der Waals surface area contributed by atoms with Crippen molar-refractivity contribution in [1.29, 1.82) is 0 Å². The Morgan fingerprint density at radius 2 is 1.91 bits per heavy atom. The summed E-state index contributed by atoms with van der Waals surface area (Å²) in [6.07, 6.45) is 8.11. The van der Waals surface area contributed by atoms with Crippen molar-refractivity contribution < 1.29 is 4.79 Å². The standard InChI is InChI=1S/C27H36N4O2/c1-17-13-18(2)30-27(33)24(17)16-29-26(32)23-14-21(20-9-11-28-12-10-20)15-25(19(23)3)31(4)22-7-5-6-8-22/h9,13-15,22,28H,5-8,10-12,16H2,1-4H3,(H,29,32)(H,30,33). The number of nitrogens with one attached hydrogen (secondary N) is 3. The van der Waals surface area contributed by atoms with Crippen molar-refractivity contribution in [3.8, 4) is 0 Å². The molecular weight excluding hydrogens is 412 g/mol. The lowest BCUT2D eigenvalue weighted by Gasteiger charge is -2.30. The van der Waals surface area contributed by atoms with Crippen LogP contribution in [0.2, 0.25) is 0 Å². The third-order valence-electron chi connectivity index (χ3n) is 7.23. The molecule has 2 aromatic rings. The minimum Gasteiger partial charge on any atom is -0.371 e. The number of carbonyl (C=O) groups is 1. The van der Waals surface area contributed by atoms with E-state index >= 15 is 0 Å². The van der Waals surface area contributed by atoms with Gasteiger partial charge < -0.3 is 20.5 Å². The lowest BCUT2D eigenvalue weighted by atomic mass is 9.93. The number of amides is 1. The quantitative estimate of drug-likeness (QED) is 0.625. The van der Waals surface area contributed by atoms with Crippen molar-refractivity contribution >= 4 is 17.2 Å². The third-order valence-corrected chi connectivity index (χ3v) is 7.23. The Morgan fingerprint density at radius 1 is 1.15 bits per heavy atom. The first-order valence-corrected chi connectivity index (χ1v) is 12.1. The smallest absolute Gasteiger partial charge is 0.253 e. The van der Waals surface area contributed by atoms with Gasteiger partial charge in [-0.2, -0.15) is 0 Å². The van der Waals surface area contributed by atoms with Crippen molar-refractivity contribution in [3.63, 3.8) is 0 Å². The first-order chi connectivity index (χ1) is 15.8. The van der Waals surface area contributed by atoms with Crippen LogP contribution >= 0.6 is 0 Å². The molecule has 2 aliphatic rings. The number of aromatic amines is 1. The number of rotatable bonds is 6. The number of aryl methyl sites for hydroxylation is 2. The second-order valence-electron chi connectivity index (χ2n) is 9.53. The molecule has 1 amide bonds. The molecule has 6 heteroatoms. The van der Waals surface area contributed by atoms with E-state index < -0.39 is 0 Å². The second-order valence-corrected chi connectivity index (χ2v) is 9.53. The SMILES string of the molecule is Cc1cc(C)c(CNC(=O)c2cc(C3=CCNCC3)cc(N(C)C3CCCC3)c2C)c(=O)[nH]1. The number of hydrogen-bond donors (Lipinski definition) is 3. The number of carbonyl (C=O) groups excluding carboxylic acids is 1. The fraction of sp³-hybridized carbons (Fsp3) is 0.481. The van der Waals surface area contributed by atoms with Crippen LogP contribution in [0.15, 0.2) is 29.1 Å². The molecule has 0 atom stereocenters.